The summed E-state index contributed by atoms with van der Waals surface area (Å²) in [6.45, 7) is 4.04. The lowest BCUT2D eigenvalue weighted by molar-refractivity contribution is 0.191. The first-order valence-electron chi connectivity index (χ1n) is 7.56. The number of rotatable bonds is 5. The summed E-state index contributed by atoms with van der Waals surface area (Å²) in [4.78, 5) is 8.59. The molecule has 24 heavy (non-hydrogen) atoms. The molecule has 0 amide bonds. The molecule has 2 heterocycles. The minimum atomic E-state index is -0.847. The minimum Gasteiger partial charge on any atom is -0.387 e. The zero-order valence-corrected chi connectivity index (χ0v) is 13.4. The highest BCUT2D eigenvalue weighted by atomic mass is 19.1. The van der Waals surface area contributed by atoms with Crippen molar-refractivity contribution in [2.45, 2.75) is 20.0 Å². The van der Waals surface area contributed by atoms with Crippen molar-refractivity contribution in [2.24, 2.45) is 0 Å². The Morgan fingerprint density at radius 1 is 1.25 bits per heavy atom. The van der Waals surface area contributed by atoms with E-state index in [0.717, 1.165) is 11.4 Å². The Bertz CT molecular complexity index is 849. The van der Waals surface area contributed by atoms with Crippen LogP contribution in [0.15, 0.2) is 42.7 Å². The fourth-order valence-electron chi connectivity index (χ4n) is 2.44. The molecule has 2 N–H and O–H groups in total. The standard InChI is InChI=1S/C17H18FN5O/c1-11-6-12(2)23(22-11)17-10-19-9-16(21-17)20-8-15(24)13-4-3-5-14(18)7-13/h3-7,9-10,15,24H,8H2,1-2H3,(H,20,21). The maximum atomic E-state index is 13.2. The summed E-state index contributed by atoms with van der Waals surface area (Å²) in [5.41, 5.74) is 2.36. The van der Waals surface area contributed by atoms with Gasteiger partial charge >= 0.3 is 0 Å². The van der Waals surface area contributed by atoms with E-state index in [0.29, 0.717) is 17.2 Å². The van der Waals surface area contributed by atoms with Crippen molar-refractivity contribution in [3.05, 3.63) is 65.5 Å². The van der Waals surface area contributed by atoms with Crippen molar-refractivity contribution in [1.29, 1.82) is 0 Å². The van der Waals surface area contributed by atoms with Crippen molar-refractivity contribution in [2.75, 3.05) is 11.9 Å². The lowest BCUT2D eigenvalue weighted by Gasteiger charge is -2.13. The fraction of sp³-hybridized carbons (Fsp3) is 0.235. The van der Waals surface area contributed by atoms with E-state index < -0.39 is 6.10 Å². The number of aliphatic hydroxyl groups is 1. The molecule has 1 atom stereocenters. The van der Waals surface area contributed by atoms with Gasteiger partial charge in [0.2, 0.25) is 0 Å². The van der Waals surface area contributed by atoms with Gasteiger partial charge in [0.05, 0.1) is 24.2 Å². The number of nitrogens with zero attached hydrogens (tertiary/aromatic N) is 4. The average Bonchev–Trinajstić information content (AvgIpc) is 2.91. The van der Waals surface area contributed by atoms with Gasteiger partial charge in [-0.2, -0.15) is 5.10 Å². The van der Waals surface area contributed by atoms with Gasteiger partial charge in [-0.1, -0.05) is 12.1 Å². The summed E-state index contributed by atoms with van der Waals surface area (Å²) in [6.07, 6.45) is 2.33. The Morgan fingerprint density at radius 2 is 2.08 bits per heavy atom. The van der Waals surface area contributed by atoms with E-state index in [9.17, 15) is 9.50 Å². The van der Waals surface area contributed by atoms with Crippen molar-refractivity contribution in [3.63, 3.8) is 0 Å². The number of halogens is 1. The van der Waals surface area contributed by atoms with E-state index in [2.05, 4.69) is 20.4 Å². The molecule has 0 radical (unpaired) electrons. The molecule has 1 unspecified atom stereocenters. The van der Waals surface area contributed by atoms with Gasteiger partial charge in [0.1, 0.15) is 11.6 Å². The molecule has 0 fully saturated rings. The average molecular weight is 327 g/mol. The molecule has 6 nitrogen and oxygen atoms in total. The number of aromatic nitrogens is 4. The number of benzene rings is 1. The van der Waals surface area contributed by atoms with E-state index in [-0.39, 0.29) is 12.4 Å². The van der Waals surface area contributed by atoms with Crippen LogP contribution in [0.25, 0.3) is 5.82 Å². The van der Waals surface area contributed by atoms with Gasteiger partial charge in [0, 0.05) is 12.2 Å². The SMILES string of the molecule is Cc1cc(C)n(-c2cncc(NCC(O)c3cccc(F)c3)n2)n1. The van der Waals surface area contributed by atoms with Crippen molar-refractivity contribution in [3.8, 4) is 5.82 Å². The van der Waals surface area contributed by atoms with E-state index in [1.54, 1.807) is 29.2 Å². The van der Waals surface area contributed by atoms with Crippen LogP contribution in [0.3, 0.4) is 0 Å². The monoisotopic (exact) mass is 327 g/mol. The molecule has 0 aliphatic carbocycles. The molecule has 3 rings (SSSR count). The zero-order valence-electron chi connectivity index (χ0n) is 13.4. The quantitative estimate of drug-likeness (QED) is 0.753. The molecule has 7 heteroatoms. The number of aryl methyl sites for hydroxylation is 2. The van der Waals surface area contributed by atoms with Crippen LogP contribution in [-0.2, 0) is 0 Å². The number of aliphatic hydroxyl groups excluding tert-OH is 1. The third-order valence-electron chi connectivity index (χ3n) is 3.56. The van der Waals surface area contributed by atoms with Gasteiger partial charge in [-0.25, -0.2) is 14.1 Å². The molecule has 1 aromatic carbocycles. The highest BCUT2D eigenvalue weighted by Crippen LogP contribution is 2.16. The molecule has 0 aliphatic rings. The normalized spacial score (nSPS) is 12.2. The van der Waals surface area contributed by atoms with Crippen LogP contribution in [0.2, 0.25) is 0 Å². The lowest BCUT2D eigenvalue weighted by atomic mass is 10.1. The largest absolute Gasteiger partial charge is 0.387 e. The summed E-state index contributed by atoms with van der Waals surface area (Å²) in [5.74, 6) is 0.721. The third kappa shape index (κ3) is 3.57. The predicted molar refractivity (Wildman–Crippen MR) is 88.5 cm³/mol. The van der Waals surface area contributed by atoms with E-state index >= 15 is 0 Å². The van der Waals surface area contributed by atoms with Crippen LogP contribution in [0.5, 0.6) is 0 Å². The number of anilines is 1. The first-order chi connectivity index (χ1) is 11.5. The Labute approximate surface area is 139 Å². The van der Waals surface area contributed by atoms with Crippen LogP contribution in [0, 0.1) is 19.7 Å². The summed E-state index contributed by atoms with van der Waals surface area (Å²) < 4.78 is 14.9. The van der Waals surface area contributed by atoms with Gasteiger partial charge in [-0.05, 0) is 37.6 Å². The zero-order chi connectivity index (χ0) is 17.1. The van der Waals surface area contributed by atoms with E-state index in [4.69, 9.17) is 0 Å². The molecule has 0 saturated carbocycles. The molecule has 0 aliphatic heterocycles. The second kappa shape index (κ2) is 6.76. The highest BCUT2D eigenvalue weighted by Gasteiger charge is 2.10. The molecule has 0 saturated heterocycles. The Balaban J connectivity index is 1.72. The predicted octanol–water partition coefficient (Wildman–Crippen LogP) is 2.56. The van der Waals surface area contributed by atoms with Crippen LogP contribution in [0.1, 0.15) is 23.1 Å². The molecule has 0 spiro atoms. The van der Waals surface area contributed by atoms with E-state index in [1.807, 2.05) is 19.9 Å². The number of hydrogen-bond acceptors (Lipinski definition) is 5. The minimum absolute atomic E-state index is 0.193. The molecule has 0 bridgehead atoms. The topological polar surface area (TPSA) is 75.9 Å². The van der Waals surface area contributed by atoms with Crippen LogP contribution < -0.4 is 5.32 Å². The molecular weight excluding hydrogens is 309 g/mol. The molecule has 3 aromatic rings. The summed E-state index contributed by atoms with van der Waals surface area (Å²) in [6, 6.07) is 7.84. The summed E-state index contributed by atoms with van der Waals surface area (Å²) in [5, 5.41) is 17.5. The first-order valence-corrected chi connectivity index (χ1v) is 7.56. The van der Waals surface area contributed by atoms with Crippen molar-refractivity contribution in [1.82, 2.24) is 19.7 Å². The van der Waals surface area contributed by atoms with Crippen LogP contribution in [-0.4, -0.2) is 31.4 Å². The maximum absolute atomic E-state index is 13.2. The third-order valence-corrected chi connectivity index (χ3v) is 3.56. The van der Waals surface area contributed by atoms with Crippen molar-refractivity contribution < 1.29 is 9.50 Å². The fourth-order valence-corrected chi connectivity index (χ4v) is 2.44. The number of hydrogen-bond donors (Lipinski definition) is 2. The first kappa shape index (κ1) is 16.1. The lowest BCUT2D eigenvalue weighted by Crippen LogP contribution is -2.14. The number of nitrogens with one attached hydrogen (secondary N) is 1. The summed E-state index contributed by atoms with van der Waals surface area (Å²) >= 11 is 0. The van der Waals surface area contributed by atoms with E-state index in [1.165, 1.54) is 12.1 Å². The second-order valence-corrected chi connectivity index (χ2v) is 5.55. The van der Waals surface area contributed by atoms with Crippen LogP contribution >= 0.6 is 0 Å². The summed E-state index contributed by atoms with van der Waals surface area (Å²) in [7, 11) is 0. The van der Waals surface area contributed by atoms with Crippen LogP contribution in [0.4, 0.5) is 10.2 Å². The van der Waals surface area contributed by atoms with Gasteiger partial charge in [0.15, 0.2) is 5.82 Å². The Morgan fingerprint density at radius 3 is 2.79 bits per heavy atom. The molecule has 2 aromatic heterocycles. The smallest absolute Gasteiger partial charge is 0.174 e. The second-order valence-electron chi connectivity index (χ2n) is 5.55. The highest BCUT2D eigenvalue weighted by molar-refractivity contribution is 5.37. The van der Waals surface area contributed by atoms with Gasteiger partial charge in [-0.3, -0.25) is 4.98 Å². The maximum Gasteiger partial charge on any atom is 0.174 e. The molecule has 124 valence electrons. The Kier molecular flexibility index (Phi) is 4.52. The van der Waals surface area contributed by atoms with Gasteiger partial charge in [-0.15, -0.1) is 0 Å². The van der Waals surface area contributed by atoms with Gasteiger partial charge in [0.25, 0.3) is 0 Å². The van der Waals surface area contributed by atoms with Gasteiger partial charge < -0.3 is 10.4 Å². The Hall–Kier alpha value is -2.80. The molecular formula is C17H18FN5O. The van der Waals surface area contributed by atoms with Crippen molar-refractivity contribution >= 4 is 5.82 Å².